The lowest BCUT2D eigenvalue weighted by atomic mass is 10.0. The lowest BCUT2D eigenvalue weighted by Gasteiger charge is -2.30. The largest absolute Gasteiger partial charge is 0.392 e. The van der Waals surface area contributed by atoms with Crippen LogP contribution in [-0.4, -0.2) is 46.0 Å². The van der Waals surface area contributed by atoms with Crippen molar-refractivity contribution in [3.8, 4) is 0 Å². The van der Waals surface area contributed by atoms with Crippen molar-refractivity contribution in [2.24, 2.45) is 0 Å². The molecule has 1 heterocycles. The highest BCUT2D eigenvalue weighted by Gasteiger charge is 2.20. The van der Waals surface area contributed by atoms with Gasteiger partial charge in [0.1, 0.15) is 0 Å². The van der Waals surface area contributed by atoms with Crippen molar-refractivity contribution in [2.45, 2.75) is 24.5 Å². The Kier molecular flexibility index (Phi) is 6.50. The number of aliphatic hydroxyl groups excluding tert-OH is 1. The second-order valence-electron chi connectivity index (χ2n) is 7.06. The summed E-state index contributed by atoms with van der Waals surface area (Å²) in [4.78, 5) is 2.49. The van der Waals surface area contributed by atoms with Crippen LogP contribution in [0.25, 0.3) is 0 Å². The number of halogens is 1. The predicted octanol–water partition coefficient (Wildman–Crippen LogP) is 2.82. The molecular formula is C20H26ClN3O3S. The summed E-state index contributed by atoms with van der Waals surface area (Å²) in [5.74, 6) is 0. The third-order valence-corrected chi connectivity index (χ3v) is 6.35. The van der Waals surface area contributed by atoms with Crippen molar-refractivity contribution < 1.29 is 13.5 Å². The number of nitrogens with zero attached hydrogens (tertiary/aromatic N) is 1. The van der Waals surface area contributed by atoms with Gasteiger partial charge in [0.15, 0.2) is 9.84 Å². The molecule has 0 aliphatic carbocycles. The molecule has 6 nitrogen and oxygen atoms in total. The number of piperazine rings is 1. The lowest BCUT2D eigenvalue weighted by Crippen LogP contribution is -2.43. The number of hydrogen-bond acceptors (Lipinski definition) is 6. The van der Waals surface area contributed by atoms with E-state index in [1.807, 2.05) is 19.1 Å². The average Bonchev–Trinajstić information content (AvgIpc) is 2.67. The molecule has 0 amide bonds. The predicted molar refractivity (Wildman–Crippen MR) is 114 cm³/mol. The minimum Gasteiger partial charge on any atom is -0.392 e. The zero-order valence-corrected chi connectivity index (χ0v) is 17.6. The summed E-state index contributed by atoms with van der Waals surface area (Å²) >= 11 is 6.13. The number of sulfone groups is 1. The molecule has 3 rings (SSSR count). The number of benzene rings is 2. The highest BCUT2D eigenvalue weighted by Crippen LogP contribution is 2.32. The molecule has 1 atom stereocenters. The Hall–Kier alpha value is -1.80. The van der Waals surface area contributed by atoms with Crippen molar-refractivity contribution in [3.63, 3.8) is 0 Å². The molecule has 28 heavy (non-hydrogen) atoms. The van der Waals surface area contributed by atoms with Gasteiger partial charge in [-0.2, -0.15) is 0 Å². The van der Waals surface area contributed by atoms with Crippen LogP contribution < -0.4 is 15.5 Å². The van der Waals surface area contributed by atoms with Crippen LogP contribution in [0.15, 0.2) is 41.3 Å². The van der Waals surface area contributed by atoms with Crippen LogP contribution in [0.4, 0.5) is 11.4 Å². The van der Waals surface area contributed by atoms with Crippen LogP contribution in [0.2, 0.25) is 5.02 Å². The number of anilines is 2. The van der Waals surface area contributed by atoms with E-state index in [0.29, 0.717) is 10.7 Å². The molecule has 1 aliphatic heterocycles. The van der Waals surface area contributed by atoms with Gasteiger partial charge in [0.2, 0.25) is 0 Å². The highest BCUT2D eigenvalue weighted by atomic mass is 35.5. The van der Waals surface area contributed by atoms with E-state index in [9.17, 15) is 13.5 Å². The summed E-state index contributed by atoms with van der Waals surface area (Å²) in [5, 5.41) is 16.9. The fraction of sp³-hybridized carbons (Fsp3) is 0.400. The van der Waals surface area contributed by atoms with Crippen LogP contribution >= 0.6 is 11.6 Å². The van der Waals surface area contributed by atoms with E-state index in [2.05, 4.69) is 15.5 Å². The van der Waals surface area contributed by atoms with E-state index < -0.39 is 9.84 Å². The van der Waals surface area contributed by atoms with E-state index in [0.717, 1.165) is 43.0 Å². The fourth-order valence-corrected chi connectivity index (χ4v) is 4.51. The summed E-state index contributed by atoms with van der Waals surface area (Å²) in [7, 11) is -3.40. The minimum atomic E-state index is -3.40. The monoisotopic (exact) mass is 423 g/mol. The van der Waals surface area contributed by atoms with Gasteiger partial charge >= 0.3 is 0 Å². The third kappa shape index (κ3) is 4.78. The fourth-order valence-electron chi connectivity index (χ4n) is 3.50. The normalized spacial score (nSPS) is 16.1. The summed E-state index contributed by atoms with van der Waals surface area (Å²) in [6, 6.07) is 10.5. The molecule has 152 valence electrons. The molecule has 8 heteroatoms. The Balaban J connectivity index is 1.97. The molecule has 1 fully saturated rings. The number of nitrogens with one attached hydrogen (secondary N) is 2. The van der Waals surface area contributed by atoms with Gasteiger partial charge in [0, 0.05) is 49.2 Å². The molecule has 2 aromatic rings. The van der Waals surface area contributed by atoms with E-state index in [-0.39, 0.29) is 17.5 Å². The first kappa shape index (κ1) is 20.9. The van der Waals surface area contributed by atoms with Crippen molar-refractivity contribution in [2.75, 3.05) is 42.7 Å². The van der Waals surface area contributed by atoms with Gasteiger partial charge in [0.05, 0.1) is 17.2 Å². The molecular weight excluding hydrogens is 398 g/mol. The lowest BCUT2D eigenvalue weighted by molar-refractivity contribution is 0.280. The minimum absolute atomic E-state index is 0.113. The Morgan fingerprint density at radius 2 is 1.93 bits per heavy atom. The Bertz CT molecular complexity index is 944. The van der Waals surface area contributed by atoms with Crippen molar-refractivity contribution >= 4 is 32.8 Å². The van der Waals surface area contributed by atoms with Crippen molar-refractivity contribution in [1.29, 1.82) is 0 Å². The molecule has 0 aromatic heterocycles. The van der Waals surface area contributed by atoms with Gasteiger partial charge in [-0.3, -0.25) is 0 Å². The second-order valence-corrected chi connectivity index (χ2v) is 9.48. The van der Waals surface area contributed by atoms with Gasteiger partial charge in [0.25, 0.3) is 0 Å². The van der Waals surface area contributed by atoms with Crippen LogP contribution in [0.1, 0.15) is 24.1 Å². The van der Waals surface area contributed by atoms with E-state index in [4.69, 9.17) is 11.6 Å². The topological polar surface area (TPSA) is 81.7 Å². The molecule has 0 spiro atoms. The average molecular weight is 424 g/mol. The number of rotatable bonds is 6. The van der Waals surface area contributed by atoms with Gasteiger partial charge in [-0.1, -0.05) is 17.7 Å². The quantitative estimate of drug-likeness (QED) is 0.662. The Morgan fingerprint density at radius 1 is 1.21 bits per heavy atom. The number of aliphatic hydroxyl groups is 1. The molecule has 1 unspecified atom stereocenters. The maximum absolute atomic E-state index is 12.3. The van der Waals surface area contributed by atoms with Gasteiger partial charge in [-0.25, -0.2) is 8.42 Å². The SMILES string of the molecule is CC(Nc1cc(N2CCNCC2)ccc1S(C)(=O)=O)c1cc(Cl)ccc1CO. The van der Waals surface area contributed by atoms with Gasteiger partial charge in [-0.05, 0) is 48.4 Å². The Labute approximate surface area is 171 Å². The summed E-state index contributed by atoms with van der Waals surface area (Å²) in [5.41, 5.74) is 3.12. The van der Waals surface area contributed by atoms with Crippen molar-refractivity contribution in [1.82, 2.24) is 5.32 Å². The highest BCUT2D eigenvalue weighted by molar-refractivity contribution is 7.90. The smallest absolute Gasteiger partial charge is 0.177 e. The van der Waals surface area contributed by atoms with E-state index in [1.54, 1.807) is 24.3 Å². The van der Waals surface area contributed by atoms with Crippen LogP contribution in [0, 0.1) is 0 Å². The molecule has 1 saturated heterocycles. The maximum atomic E-state index is 12.3. The standard InChI is InChI=1S/C20H26ClN3O3S/c1-14(18-11-16(21)4-3-15(18)13-25)23-19-12-17(24-9-7-22-8-10-24)5-6-20(19)28(2,26)27/h3-6,11-12,14,22-23,25H,7-10,13H2,1-2H3. The molecule has 3 N–H and O–H groups in total. The first-order valence-electron chi connectivity index (χ1n) is 9.25. The first-order valence-corrected chi connectivity index (χ1v) is 11.5. The van der Waals surface area contributed by atoms with Gasteiger partial charge < -0.3 is 20.6 Å². The van der Waals surface area contributed by atoms with Gasteiger partial charge in [-0.15, -0.1) is 0 Å². The van der Waals surface area contributed by atoms with Crippen molar-refractivity contribution in [3.05, 3.63) is 52.5 Å². The molecule has 0 saturated carbocycles. The summed E-state index contributed by atoms with van der Waals surface area (Å²) < 4.78 is 24.6. The first-order chi connectivity index (χ1) is 13.3. The molecule has 2 aromatic carbocycles. The zero-order chi connectivity index (χ0) is 20.3. The maximum Gasteiger partial charge on any atom is 0.177 e. The molecule has 1 aliphatic rings. The second kappa shape index (κ2) is 8.69. The van der Waals surface area contributed by atoms with Crippen LogP contribution in [-0.2, 0) is 16.4 Å². The number of hydrogen-bond donors (Lipinski definition) is 3. The van der Waals surface area contributed by atoms with Crippen LogP contribution in [0.3, 0.4) is 0 Å². The summed E-state index contributed by atoms with van der Waals surface area (Å²) in [6.45, 7) is 5.35. The van der Waals surface area contributed by atoms with E-state index in [1.165, 1.54) is 6.26 Å². The van der Waals surface area contributed by atoms with Crippen LogP contribution in [0.5, 0.6) is 0 Å². The third-order valence-electron chi connectivity index (χ3n) is 4.96. The molecule has 0 radical (unpaired) electrons. The molecule has 0 bridgehead atoms. The zero-order valence-electron chi connectivity index (χ0n) is 16.1. The summed E-state index contributed by atoms with van der Waals surface area (Å²) in [6.07, 6.45) is 1.21. The Morgan fingerprint density at radius 3 is 2.57 bits per heavy atom. The van der Waals surface area contributed by atoms with E-state index >= 15 is 0 Å².